The highest BCUT2D eigenvalue weighted by molar-refractivity contribution is 7.99. The third kappa shape index (κ3) is 6.30. The monoisotopic (exact) mass is 458 g/mol. The minimum atomic E-state index is -0.0857. The Hall–Kier alpha value is -2.39. The highest BCUT2D eigenvalue weighted by Gasteiger charge is 2.14. The highest BCUT2D eigenvalue weighted by Crippen LogP contribution is 2.24. The van der Waals surface area contributed by atoms with Crippen LogP contribution in [-0.2, 0) is 22.6 Å². The van der Waals surface area contributed by atoms with Gasteiger partial charge in [0.1, 0.15) is 0 Å². The summed E-state index contributed by atoms with van der Waals surface area (Å²) < 4.78 is 11.0. The molecule has 2 aromatic carbocycles. The topological polar surface area (TPSA) is 80.5 Å². The molecule has 7 nitrogen and oxygen atoms in total. The number of nitrogens with zero attached hydrogens (tertiary/aromatic N) is 3. The first kappa shape index (κ1) is 21.8. The van der Waals surface area contributed by atoms with Gasteiger partial charge in [-0.25, -0.2) is 0 Å². The van der Waals surface area contributed by atoms with E-state index in [9.17, 15) is 4.79 Å². The van der Waals surface area contributed by atoms with E-state index in [-0.39, 0.29) is 11.7 Å². The Morgan fingerprint density at radius 2 is 1.81 bits per heavy atom. The smallest absolute Gasteiger partial charge is 0.277 e. The number of nitrogens with one attached hydrogen (secondary N) is 1. The normalized spacial score (nSPS) is 14.5. The van der Waals surface area contributed by atoms with E-state index >= 15 is 0 Å². The molecule has 1 fully saturated rings. The number of ether oxygens (including phenoxy) is 1. The Balaban J connectivity index is 1.27. The summed E-state index contributed by atoms with van der Waals surface area (Å²) in [5.41, 5.74) is 3.13. The molecule has 0 atom stereocenters. The Bertz CT molecular complexity index is 1010. The van der Waals surface area contributed by atoms with Crippen LogP contribution in [0.2, 0.25) is 5.02 Å². The molecular formula is C22H23ClN4O3S. The van der Waals surface area contributed by atoms with Crippen LogP contribution in [0.4, 0.5) is 0 Å². The van der Waals surface area contributed by atoms with Gasteiger partial charge in [-0.3, -0.25) is 9.69 Å². The predicted octanol–water partition coefficient (Wildman–Crippen LogP) is 3.63. The average Bonchev–Trinajstić information content (AvgIpc) is 3.27. The van der Waals surface area contributed by atoms with Crippen molar-refractivity contribution in [1.82, 2.24) is 20.4 Å². The number of hydrogen-bond acceptors (Lipinski definition) is 7. The molecule has 2 heterocycles. The number of carbonyl (C=O) groups excluding carboxylic acids is 1. The highest BCUT2D eigenvalue weighted by atomic mass is 35.5. The van der Waals surface area contributed by atoms with Gasteiger partial charge in [0.25, 0.3) is 5.22 Å². The van der Waals surface area contributed by atoms with Crippen LogP contribution in [0.1, 0.15) is 11.1 Å². The number of morpholine rings is 1. The molecule has 4 rings (SSSR count). The van der Waals surface area contributed by atoms with Gasteiger partial charge in [0.2, 0.25) is 11.8 Å². The number of thioether (sulfide) groups is 1. The Morgan fingerprint density at radius 1 is 1.06 bits per heavy atom. The van der Waals surface area contributed by atoms with Gasteiger partial charge < -0.3 is 14.5 Å². The van der Waals surface area contributed by atoms with E-state index < -0.39 is 0 Å². The molecule has 0 aliphatic carbocycles. The van der Waals surface area contributed by atoms with Crippen LogP contribution in [0.3, 0.4) is 0 Å². The molecule has 0 bridgehead atoms. The summed E-state index contributed by atoms with van der Waals surface area (Å²) in [6.07, 6.45) is 0. The maximum absolute atomic E-state index is 12.3. The summed E-state index contributed by atoms with van der Waals surface area (Å²) in [5, 5.41) is 12.0. The van der Waals surface area contributed by atoms with E-state index in [1.165, 1.54) is 17.3 Å². The molecule has 0 radical (unpaired) electrons. The Kier molecular flexibility index (Phi) is 7.58. The van der Waals surface area contributed by atoms with E-state index in [0.717, 1.165) is 44.0 Å². The second-order valence-electron chi connectivity index (χ2n) is 7.10. The number of aromatic nitrogens is 2. The van der Waals surface area contributed by atoms with Crippen LogP contribution in [0.25, 0.3) is 11.5 Å². The SMILES string of the molecule is O=C(CSc1nnc(-c2ccc(Cl)cc2)o1)NCc1ccccc1CN1CCOCC1. The van der Waals surface area contributed by atoms with Gasteiger partial charge >= 0.3 is 0 Å². The standard InChI is InChI=1S/C22H23ClN4O3S/c23-19-7-5-16(6-8-19)21-25-26-22(30-21)31-15-20(28)24-13-17-3-1-2-4-18(17)14-27-9-11-29-12-10-27/h1-8H,9-15H2,(H,24,28). The van der Waals surface area contributed by atoms with Gasteiger partial charge in [0, 0.05) is 36.8 Å². The molecule has 1 amide bonds. The van der Waals surface area contributed by atoms with Gasteiger partial charge in [-0.1, -0.05) is 47.6 Å². The minimum Gasteiger partial charge on any atom is -0.411 e. The molecule has 1 aliphatic heterocycles. The van der Waals surface area contributed by atoms with Crippen LogP contribution in [0.5, 0.6) is 0 Å². The molecule has 1 aliphatic rings. The zero-order valence-corrected chi connectivity index (χ0v) is 18.5. The van der Waals surface area contributed by atoms with Gasteiger partial charge in [-0.2, -0.15) is 0 Å². The molecule has 3 aromatic rings. The summed E-state index contributed by atoms with van der Waals surface area (Å²) in [4.78, 5) is 14.7. The van der Waals surface area contributed by atoms with Crippen molar-refractivity contribution in [3.05, 3.63) is 64.7 Å². The first-order valence-corrected chi connectivity index (χ1v) is 11.4. The lowest BCUT2D eigenvalue weighted by Crippen LogP contribution is -2.36. The van der Waals surface area contributed by atoms with Crippen LogP contribution in [-0.4, -0.2) is 53.1 Å². The summed E-state index contributed by atoms with van der Waals surface area (Å²) in [5.74, 6) is 0.516. The van der Waals surface area contributed by atoms with Crippen molar-refractivity contribution in [3.63, 3.8) is 0 Å². The van der Waals surface area contributed by atoms with Crippen molar-refractivity contribution in [2.45, 2.75) is 18.3 Å². The maximum Gasteiger partial charge on any atom is 0.277 e. The minimum absolute atomic E-state index is 0.0857. The predicted molar refractivity (Wildman–Crippen MR) is 120 cm³/mol. The van der Waals surface area contributed by atoms with Crippen LogP contribution < -0.4 is 5.32 Å². The number of benzene rings is 2. The number of hydrogen-bond donors (Lipinski definition) is 1. The van der Waals surface area contributed by atoms with Crippen LogP contribution in [0.15, 0.2) is 58.2 Å². The fraction of sp³-hybridized carbons (Fsp3) is 0.318. The first-order chi connectivity index (χ1) is 15.2. The molecule has 9 heteroatoms. The zero-order chi connectivity index (χ0) is 21.5. The first-order valence-electron chi connectivity index (χ1n) is 10.0. The lowest BCUT2D eigenvalue weighted by atomic mass is 10.1. The summed E-state index contributed by atoms with van der Waals surface area (Å²) in [7, 11) is 0. The molecule has 31 heavy (non-hydrogen) atoms. The van der Waals surface area contributed by atoms with Gasteiger partial charge in [-0.15, -0.1) is 10.2 Å². The van der Waals surface area contributed by atoms with E-state index in [1.54, 1.807) is 12.1 Å². The van der Waals surface area contributed by atoms with Crippen molar-refractivity contribution >= 4 is 29.3 Å². The third-order valence-electron chi connectivity index (χ3n) is 4.92. The van der Waals surface area contributed by atoms with Gasteiger partial charge in [-0.05, 0) is 35.4 Å². The Morgan fingerprint density at radius 3 is 2.58 bits per heavy atom. The molecule has 1 aromatic heterocycles. The average molecular weight is 459 g/mol. The lowest BCUT2D eigenvalue weighted by molar-refractivity contribution is -0.118. The third-order valence-corrected chi connectivity index (χ3v) is 5.99. The van der Waals surface area contributed by atoms with Gasteiger partial charge in [0.15, 0.2) is 0 Å². The molecule has 1 N–H and O–H groups in total. The van der Waals surface area contributed by atoms with E-state index in [1.807, 2.05) is 24.3 Å². The van der Waals surface area contributed by atoms with E-state index in [0.29, 0.717) is 22.7 Å². The second kappa shape index (κ2) is 10.8. The van der Waals surface area contributed by atoms with E-state index in [4.69, 9.17) is 20.8 Å². The van der Waals surface area contributed by atoms with Gasteiger partial charge in [0.05, 0.1) is 19.0 Å². The summed E-state index contributed by atoms with van der Waals surface area (Å²) >= 11 is 7.11. The second-order valence-corrected chi connectivity index (χ2v) is 8.47. The zero-order valence-electron chi connectivity index (χ0n) is 16.9. The number of halogens is 1. The summed E-state index contributed by atoms with van der Waals surface area (Å²) in [6.45, 7) is 4.75. The molecule has 162 valence electrons. The van der Waals surface area contributed by atoms with E-state index in [2.05, 4.69) is 32.5 Å². The molecule has 0 spiro atoms. The lowest BCUT2D eigenvalue weighted by Gasteiger charge is -2.27. The number of carbonyl (C=O) groups is 1. The quantitative estimate of drug-likeness (QED) is 0.516. The largest absolute Gasteiger partial charge is 0.411 e. The van der Waals surface area contributed by atoms with Crippen molar-refractivity contribution in [2.75, 3.05) is 32.1 Å². The number of rotatable bonds is 8. The maximum atomic E-state index is 12.3. The van der Waals surface area contributed by atoms with Crippen molar-refractivity contribution < 1.29 is 13.9 Å². The van der Waals surface area contributed by atoms with Crippen LogP contribution in [0, 0.1) is 0 Å². The molecule has 0 unspecified atom stereocenters. The van der Waals surface area contributed by atoms with Crippen LogP contribution >= 0.6 is 23.4 Å². The Labute approximate surface area is 190 Å². The molecular weight excluding hydrogens is 436 g/mol. The van der Waals surface area contributed by atoms with Crippen molar-refractivity contribution in [2.24, 2.45) is 0 Å². The van der Waals surface area contributed by atoms with Crippen molar-refractivity contribution in [3.8, 4) is 11.5 Å². The fourth-order valence-corrected chi connectivity index (χ4v) is 3.95. The fourth-order valence-electron chi connectivity index (χ4n) is 3.23. The molecule has 0 saturated carbocycles. The summed E-state index contributed by atoms with van der Waals surface area (Å²) in [6, 6.07) is 15.3. The molecule has 1 saturated heterocycles. The van der Waals surface area contributed by atoms with Crippen molar-refractivity contribution in [1.29, 1.82) is 0 Å². The number of amides is 1.